The molecule has 2 heterocycles. The van der Waals surface area contributed by atoms with Gasteiger partial charge >= 0.3 is 0 Å². The molecule has 0 radical (unpaired) electrons. The molecule has 0 spiro atoms. The van der Waals surface area contributed by atoms with E-state index in [4.69, 9.17) is 0 Å². The average molecular weight is 259 g/mol. The summed E-state index contributed by atoms with van der Waals surface area (Å²) in [5.41, 5.74) is 4.46. The molecule has 1 N–H and O–H groups in total. The van der Waals surface area contributed by atoms with Crippen LogP contribution in [0.25, 0.3) is 0 Å². The van der Waals surface area contributed by atoms with E-state index in [1.807, 2.05) is 0 Å². The summed E-state index contributed by atoms with van der Waals surface area (Å²) in [5, 5.41) is 3.50. The number of anilines is 1. The third-order valence-corrected chi connectivity index (χ3v) is 4.48. The molecular weight excluding hydrogens is 234 g/mol. The van der Waals surface area contributed by atoms with Crippen LogP contribution >= 0.6 is 0 Å². The van der Waals surface area contributed by atoms with E-state index in [1.54, 1.807) is 0 Å². The lowest BCUT2D eigenvalue weighted by atomic mass is 9.99. The number of nitrogens with zero attached hydrogens (tertiary/aromatic N) is 2. The van der Waals surface area contributed by atoms with Crippen molar-refractivity contribution in [1.29, 1.82) is 0 Å². The van der Waals surface area contributed by atoms with Crippen LogP contribution < -0.4 is 10.2 Å². The number of fused-ring (bicyclic) bond motifs is 1. The van der Waals surface area contributed by atoms with Crippen molar-refractivity contribution in [1.82, 2.24) is 10.2 Å². The van der Waals surface area contributed by atoms with Gasteiger partial charge in [0.05, 0.1) is 0 Å². The minimum atomic E-state index is 1.03. The van der Waals surface area contributed by atoms with E-state index in [9.17, 15) is 0 Å². The quantitative estimate of drug-likeness (QED) is 0.890. The zero-order valence-electron chi connectivity index (χ0n) is 12.0. The van der Waals surface area contributed by atoms with E-state index >= 15 is 0 Å². The van der Waals surface area contributed by atoms with Crippen molar-refractivity contribution in [3.8, 4) is 0 Å². The van der Waals surface area contributed by atoms with Crippen molar-refractivity contribution in [2.45, 2.75) is 25.8 Å². The number of hydrogen-bond donors (Lipinski definition) is 1. The van der Waals surface area contributed by atoms with Crippen molar-refractivity contribution in [2.75, 3.05) is 44.7 Å². The number of hydrogen-bond acceptors (Lipinski definition) is 3. The first-order chi connectivity index (χ1) is 9.34. The summed E-state index contributed by atoms with van der Waals surface area (Å²) >= 11 is 0. The molecule has 1 aromatic carbocycles. The van der Waals surface area contributed by atoms with E-state index in [-0.39, 0.29) is 0 Å². The second-order valence-corrected chi connectivity index (χ2v) is 5.81. The standard InChI is InChI=1S/C16H25N3/c1-18(11-12-19-9-2-3-10-19)16-6-4-5-14-7-8-17-13-15(14)16/h4-6,17H,2-3,7-13H2,1H3. The van der Waals surface area contributed by atoms with Gasteiger partial charge in [0.2, 0.25) is 0 Å². The lowest BCUT2D eigenvalue weighted by molar-refractivity contribution is 0.346. The highest BCUT2D eigenvalue weighted by molar-refractivity contribution is 5.57. The Kier molecular flexibility index (Phi) is 4.04. The van der Waals surface area contributed by atoms with E-state index in [2.05, 4.69) is 40.4 Å². The molecule has 2 aliphatic rings. The molecule has 1 fully saturated rings. The Morgan fingerprint density at radius 3 is 2.95 bits per heavy atom. The summed E-state index contributed by atoms with van der Waals surface area (Å²) in [6.07, 6.45) is 3.94. The normalized spacial score (nSPS) is 19.4. The molecule has 1 aromatic rings. The van der Waals surface area contributed by atoms with Crippen LogP contribution in [0.3, 0.4) is 0 Å². The second kappa shape index (κ2) is 5.93. The highest BCUT2D eigenvalue weighted by atomic mass is 15.2. The van der Waals surface area contributed by atoms with Gasteiger partial charge < -0.3 is 15.1 Å². The third kappa shape index (κ3) is 2.93. The first-order valence-corrected chi connectivity index (χ1v) is 7.59. The van der Waals surface area contributed by atoms with Crippen molar-refractivity contribution in [2.24, 2.45) is 0 Å². The van der Waals surface area contributed by atoms with E-state index in [0.29, 0.717) is 0 Å². The maximum absolute atomic E-state index is 3.50. The summed E-state index contributed by atoms with van der Waals surface area (Å²) in [7, 11) is 2.24. The van der Waals surface area contributed by atoms with Crippen molar-refractivity contribution < 1.29 is 0 Å². The summed E-state index contributed by atoms with van der Waals surface area (Å²) in [4.78, 5) is 5.02. The van der Waals surface area contributed by atoms with Crippen LogP contribution in [0.15, 0.2) is 18.2 Å². The molecule has 3 nitrogen and oxygen atoms in total. The molecule has 0 atom stereocenters. The van der Waals surface area contributed by atoms with Crippen molar-refractivity contribution in [3.63, 3.8) is 0 Å². The Morgan fingerprint density at radius 2 is 2.11 bits per heavy atom. The van der Waals surface area contributed by atoms with Gasteiger partial charge in [-0.1, -0.05) is 12.1 Å². The zero-order chi connectivity index (χ0) is 13.1. The fraction of sp³-hybridized carbons (Fsp3) is 0.625. The third-order valence-electron chi connectivity index (χ3n) is 4.48. The number of likely N-dealkylation sites (tertiary alicyclic amines) is 1. The fourth-order valence-corrected chi connectivity index (χ4v) is 3.27. The van der Waals surface area contributed by atoms with Crippen molar-refractivity contribution >= 4 is 5.69 Å². The second-order valence-electron chi connectivity index (χ2n) is 5.81. The highest BCUT2D eigenvalue weighted by Crippen LogP contribution is 2.25. The molecule has 104 valence electrons. The van der Waals surface area contributed by atoms with Gasteiger partial charge in [0.1, 0.15) is 0 Å². The van der Waals surface area contributed by atoms with Gasteiger partial charge in [0, 0.05) is 32.4 Å². The number of nitrogens with one attached hydrogen (secondary N) is 1. The largest absolute Gasteiger partial charge is 0.373 e. The van der Waals surface area contributed by atoms with Crippen LogP contribution in [0, 0.1) is 0 Å². The Hall–Kier alpha value is -1.06. The first kappa shape index (κ1) is 12.9. The van der Waals surface area contributed by atoms with Crippen LogP contribution in [0.2, 0.25) is 0 Å². The predicted octanol–water partition coefficient (Wildman–Crippen LogP) is 1.86. The van der Waals surface area contributed by atoms with Gasteiger partial charge in [-0.15, -0.1) is 0 Å². The van der Waals surface area contributed by atoms with E-state index < -0.39 is 0 Å². The Labute approximate surface area is 116 Å². The maximum Gasteiger partial charge on any atom is 0.0412 e. The molecule has 0 aromatic heterocycles. The highest BCUT2D eigenvalue weighted by Gasteiger charge is 2.16. The first-order valence-electron chi connectivity index (χ1n) is 7.59. The lowest BCUT2D eigenvalue weighted by Gasteiger charge is -2.28. The fourth-order valence-electron chi connectivity index (χ4n) is 3.27. The molecule has 0 amide bonds. The summed E-state index contributed by atoms with van der Waals surface area (Å²) in [6, 6.07) is 6.77. The SMILES string of the molecule is CN(CCN1CCCC1)c1cccc2c1CNCC2. The molecule has 3 heteroatoms. The zero-order valence-corrected chi connectivity index (χ0v) is 12.0. The lowest BCUT2D eigenvalue weighted by Crippen LogP contribution is -2.33. The molecule has 2 aliphatic heterocycles. The van der Waals surface area contributed by atoms with Gasteiger partial charge in [-0.3, -0.25) is 0 Å². The Morgan fingerprint density at radius 1 is 1.26 bits per heavy atom. The molecule has 0 aliphatic carbocycles. The van der Waals surface area contributed by atoms with E-state index in [1.165, 1.54) is 55.7 Å². The Balaban J connectivity index is 1.67. The van der Waals surface area contributed by atoms with Crippen molar-refractivity contribution in [3.05, 3.63) is 29.3 Å². The van der Waals surface area contributed by atoms with Gasteiger partial charge in [-0.25, -0.2) is 0 Å². The number of likely N-dealkylation sites (N-methyl/N-ethyl adjacent to an activating group) is 1. The Bertz CT molecular complexity index is 424. The summed E-state index contributed by atoms with van der Waals surface area (Å²) in [6.45, 7) is 7.07. The predicted molar refractivity (Wildman–Crippen MR) is 80.8 cm³/mol. The van der Waals surface area contributed by atoms with Gasteiger partial charge in [0.25, 0.3) is 0 Å². The molecule has 0 unspecified atom stereocenters. The monoisotopic (exact) mass is 259 g/mol. The van der Waals surface area contributed by atoms with Crippen LogP contribution in [0.1, 0.15) is 24.0 Å². The summed E-state index contributed by atoms with van der Waals surface area (Å²) < 4.78 is 0. The molecule has 3 rings (SSSR count). The molecule has 0 bridgehead atoms. The average Bonchev–Trinajstić information content (AvgIpc) is 2.97. The molecule has 1 saturated heterocycles. The van der Waals surface area contributed by atoms with Crippen LogP contribution in [0.4, 0.5) is 5.69 Å². The van der Waals surface area contributed by atoms with E-state index in [0.717, 1.165) is 19.6 Å². The topological polar surface area (TPSA) is 18.5 Å². The minimum absolute atomic E-state index is 1.03. The van der Waals surface area contributed by atoms with Gasteiger partial charge in [-0.2, -0.15) is 0 Å². The van der Waals surface area contributed by atoms with Gasteiger partial charge in [0.15, 0.2) is 0 Å². The molecular formula is C16H25N3. The number of rotatable bonds is 4. The maximum atomic E-state index is 3.50. The van der Waals surface area contributed by atoms with Gasteiger partial charge in [-0.05, 0) is 56.1 Å². The van der Waals surface area contributed by atoms with Crippen LogP contribution in [-0.2, 0) is 13.0 Å². The van der Waals surface area contributed by atoms with Crippen LogP contribution in [-0.4, -0.2) is 44.7 Å². The molecule has 0 saturated carbocycles. The molecule has 19 heavy (non-hydrogen) atoms. The van der Waals surface area contributed by atoms with Crippen LogP contribution in [0.5, 0.6) is 0 Å². The smallest absolute Gasteiger partial charge is 0.0412 e. The summed E-state index contributed by atoms with van der Waals surface area (Å²) in [5.74, 6) is 0. The minimum Gasteiger partial charge on any atom is -0.373 e. The number of benzene rings is 1.